The van der Waals surface area contributed by atoms with Crippen LogP contribution in [0.25, 0.3) is 0 Å². The van der Waals surface area contributed by atoms with Gasteiger partial charge in [-0.05, 0) is 61.4 Å². The molecule has 1 heterocycles. The predicted octanol–water partition coefficient (Wildman–Crippen LogP) is 4.87. The lowest BCUT2D eigenvalue weighted by Gasteiger charge is -2.19. The highest BCUT2D eigenvalue weighted by Crippen LogP contribution is 2.22. The average Bonchev–Trinajstić information content (AvgIpc) is 2.94. The zero-order valence-corrected chi connectivity index (χ0v) is 13.0. The second-order valence-corrected chi connectivity index (χ2v) is 6.12. The van der Waals surface area contributed by atoms with Gasteiger partial charge < -0.3 is 5.32 Å². The number of rotatable bonds is 7. The van der Waals surface area contributed by atoms with Gasteiger partial charge in [0.1, 0.15) is 5.82 Å². The maximum absolute atomic E-state index is 13.4. The number of hydrogen-bond acceptors (Lipinski definition) is 2. The number of aryl methyl sites for hydroxylation is 2. The Bertz CT molecular complexity index is 522. The number of benzene rings is 1. The number of thiophene rings is 1. The Morgan fingerprint density at radius 3 is 2.80 bits per heavy atom. The van der Waals surface area contributed by atoms with Crippen molar-refractivity contribution in [3.05, 3.63) is 57.5 Å². The van der Waals surface area contributed by atoms with Crippen molar-refractivity contribution in [2.75, 3.05) is 6.54 Å². The van der Waals surface area contributed by atoms with Crippen LogP contribution in [0.4, 0.5) is 4.39 Å². The summed E-state index contributed by atoms with van der Waals surface area (Å²) in [5, 5.41) is 5.63. The van der Waals surface area contributed by atoms with Gasteiger partial charge in [-0.15, -0.1) is 11.3 Å². The summed E-state index contributed by atoms with van der Waals surface area (Å²) in [7, 11) is 0. The summed E-state index contributed by atoms with van der Waals surface area (Å²) in [6, 6.07) is 10.1. The van der Waals surface area contributed by atoms with Gasteiger partial charge in [-0.2, -0.15) is 0 Å². The molecule has 0 saturated carbocycles. The van der Waals surface area contributed by atoms with Crippen LogP contribution in [0.2, 0.25) is 0 Å². The normalized spacial score (nSPS) is 12.6. The first-order valence-corrected chi connectivity index (χ1v) is 8.10. The van der Waals surface area contributed by atoms with Crippen molar-refractivity contribution in [1.29, 1.82) is 0 Å². The molecular weight excluding hydrogens is 269 g/mol. The molecule has 1 aromatic heterocycles. The van der Waals surface area contributed by atoms with E-state index in [-0.39, 0.29) is 5.82 Å². The average molecular weight is 291 g/mol. The summed E-state index contributed by atoms with van der Waals surface area (Å²) in [4.78, 5) is 1.44. The lowest BCUT2D eigenvalue weighted by molar-refractivity contribution is 0.497. The van der Waals surface area contributed by atoms with Gasteiger partial charge in [-0.25, -0.2) is 4.39 Å². The third-order valence-electron chi connectivity index (χ3n) is 3.53. The standard InChI is InChI=1S/C17H22FNS/c1-3-19-17(8-4-6-15-7-5-11-20-15)14-9-10-16(18)13(2)12-14/h5,7,9-12,17,19H,3-4,6,8H2,1-2H3. The molecule has 1 N–H and O–H groups in total. The highest BCUT2D eigenvalue weighted by molar-refractivity contribution is 7.09. The van der Waals surface area contributed by atoms with Crippen LogP contribution in [-0.2, 0) is 6.42 Å². The van der Waals surface area contributed by atoms with E-state index in [1.165, 1.54) is 10.4 Å². The van der Waals surface area contributed by atoms with Crippen molar-refractivity contribution >= 4 is 11.3 Å². The van der Waals surface area contributed by atoms with Crippen molar-refractivity contribution in [2.24, 2.45) is 0 Å². The van der Waals surface area contributed by atoms with E-state index < -0.39 is 0 Å². The van der Waals surface area contributed by atoms with Crippen molar-refractivity contribution in [2.45, 2.75) is 39.2 Å². The molecule has 0 amide bonds. The molecule has 0 fully saturated rings. The van der Waals surface area contributed by atoms with Crippen LogP contribution in [0.5, 0.6) is 0 Å². The van der Waals surface area contributed by atoms with Gasteiger partial charge in [0.25, 0.3) is 0 Å². The Labute approximate surface area is 124 Å². The monoisotopic (exact) mass is 291 g/mol. The fraction of sp³-hybridized carbons (Fsp3) is 0.412. The Kier molecular flexibility index (Phi) is 5.74. The molecule has 2 aromatic rings. The molecule has 1 aromatic carbocycles. The molecule has 1 atom stereocenters. The molecule has 0 spiro atoms. The molecule has 0 saturated heterocycles. The van der Waals surface area contributed by atoms with Gasteiger partial charge in [0, 0.05) is 10.9 Å². The van der Waals surface area contributed by atoms with Crippen molar-refractivity contribution in [3.63, 3.8) is 0 Å². The minimum atomic E-state index is -0.123. The van der Waals surface area contributed by atoms with Crippen LogP contribution >= 0.6 is 11.3 Å². The van der Waals surface area contributed by atoms with E-state index in [1.807, 2.05) is 30.4 Å². The molecule has 0 bridgehead atoms. The minimum absolute atomic E-state index is 0.123. The Morgan fingerprint density at radius 2 is 2.15 bits per heavy atom. The van der Waals surface area contributed by atoms with Crippen LogP contribution in [0.3, 0.4) is 0 Å². The number of nitrogens with one attached hydrogen (secondary N) is 1. The highest BCUT2D eigenvalue weighted by Gasteiger charge is 2.11. The molecule has 0 radical (unpaired) electrons. The predicted molar refractivity (Wildman–Crippen MR) is 84.8 cm³/mol. The smallest absolute Gasteiger partial charge is 0.126 e. The summed E-state index contributed by atoms with van der Waals surface area (Å²) >= 11 is 1.82. The van der Waals surface area contributed by atoms with E-state index in [0.29, 0.717) is 6.04 Å². The van der Waals surface area contributed by atoms with Crippen LogP contribution < -0.4 is 5.32 Å². The summed E-state index contributed by atoms with van der Waals surface area (Å²) in [5.74, 6) is -0.123. The zero-order valence-electron chi connectivity index (χ0n) is 12.2. The fourth-order valence-electron chi connectivity index (χ4n) is 2.45. The van der Waals surface area contributed by atoms with E-state index in [9.17, 15) is 4.39 Å². The number of halogens is 1. The molecule has 20 heavy (non-hydrogen) atoms. The topological polar surface area (TPSA) is 12.0 Å². The second-order valence-electron chi connectivity index (χ2n) is 5.09. The van der Waals surface area contributed by atoms with Gasteiger partial charge in [0.05, 0.1) is 0 Å². The van der Waals surface area contributed by atoms with Crippen LogP contribution in [0, 0.1) is 12.7 Å². The molecule has 0 aliphatic carbocycles. The second kappa shape index (κ2) is 7.55. The van der Waals surface area contributed by atoms with Crippen LogP contribution in [0.1, 0.15) is 41.8 Å². The Morgan fingerprint density at radius 1 is 1.30 bits per heavy atom. The van der Waals surface area contributed by atoms with E-state index in [0.717, 1.165) is 31.4 Å². The quantitative estimate of drug-likeness (QED) is 0.767. The third-order valence-corrected chi connectivity index (χ3v) is 4.47. The highest BCUT2D eigenvalue weighted by atomic mass is 32.1. The molecule has 3 heteroatoms. The van der Waals surface area contributed by atoms with Crippen molar-refractivity contribution in [3.8, 4) is 0 Å². The van der Waals surface area contributed by atoms with Crippen LogP contribution in [-0.4, -0.2) is 6.54 Å². The lowest BCUT2D eigenvalue weighted by Crippen LogP contribution is -2.21. The summed E-state index contributed by atoms with van der Waals surface area (Å²) in [5.41, 5.74) is 1.92. The molecule has 2 rings (SSSR count). The number of hydrogen-bond donors (Lipinski definition) is 1. The van der Waals surface area contributed by atoms with Gasteiger partial charge in [0.2, 0.25) is 0 Å². The molecule has 0 aliphatic heterocycles. The summed E-state index contributed by atoms with van der Waals surface area (Å²) < 4.78 is 13.4. The van der Waals surface area contributed by atoms with Gasteiger partial charge in [-0.1, -0.05) is 25.1 Å². The van der Waals surface area contributed by atoms with E-state index >= 15 is 0 Å². The maximum atomic E-state index is 13.4. The first-order valence-electron chi connectivity index (χ1n) is 7.22. The maximum Gasteiger partial charge on any atom is 0.126 e. The van der Waals surface area contributed by atoms with E-state index in [4.69, 9.17) is 0 Å². The molecule has 1 nitrogen and oxygen atoms in total. The Hall–Kier alpha value is -1.19. The molecular formula is C17H22FNS. The zero-order chi connectivity index (χ0) is 14.4. The van der Waals surface area contributed by atoms with Crippen molar-refractivity contribution in [1.82, 2.24) is 5.32 Å². The van der Waals surface area contributed by atoms with Crippen molar-refractivity contribution < 1.29 is 4.39 Å². The molecule has 108 valence electrons. The Balaban J connectivity index is 1.96. The van der Waals surface area contributed by atoms with E-state index in [2.05, 4.69) is 29.8 Å². The summed E-state index contributed by atoms with van der Waals surface area (Å²) in [6.07, 6.45) is 3.35. The van der Waals surface area contributed by atoms with Crippen LogP contribution in [0.15, 0.2) is 35.7 Å². The summed E-state index contributed by atoms with van der Waals surface area (Å²) in [6.45, 7) is 4.87. The molecule has 1 unspecified atom stereocenters. The minimum Gasteiger partial charge on any atom is -0.310 e. The first-order chi connectivity index (χ1) is 9.70. The van der Waals surface area contributed by atoms with E-state index in [1.54, 1.807) is 6.07 Å². The van der Waals surface area contributed by atoms with Gasteiger partial charge >= 0.3 is 0 Å². The molecule has 0 aliphatic rings. The van der Waals surface area contributed by atoms with Gasteiger partial charge in [-0.3, -0.25) is 0 Å². The lowest BCUT2D eigenvalue weighted by atomic mass is 9.99. The SMILES string of the molecule is CCNC(CCCc1cccs1)c1ccc(F)c(C)c1. The van der Waals surface area contributed by atoms with Gasteiger partial charge in [0.15, 0.2) is 0 Å². The fourth-order valence-corrected chi connectivity index (χ4v) is 3.20. The largest absolute Gasteiger partial charge is 0.310 e. The first kappa shape index (κ1) is 15.2. The third kappa shape index (κ3) is 4.15.